The highest BCUT2D eigenvalue weighted by atomic mass is 15.3. The molecule has 11 heavy (non-hydrogen) atoms. The van der Waals surface area contributed by atoms with Crippen molar-refractivity contribution in [3.05, 3.63) is 0 Å². The number of guanidine groups is 1. The topological polar surface area (TPSA) is 40.0 Å². The van der Waals surface area contributed by atoms with E-state index in [0.29, 0.717) is 0 Å². The molecule has 0 unspecified atom stereocenters. The first-order chi connectivity index (χ1) is 5.09. The van der Waals surface area contributed by atoms with Gasteiger partial charge in [-0.3, -0.25) is 0 Å². The summed E-state index contributed by atoms with van der Waals surface area (Å²) in [6.07, 6.45) is 0.143. The average Bonchev–Trinajstić information content (AvgIpc) is 1.85. The first-order valence-corrected chi connectivity index (χ1v) is 3.66. The lowest BCUT2D eigenvalue weighted by molar-refractivity contribution is 0.579. The lowest BCUT2D eigenvalue weighted by Crippen LogP contribution is -2.37. The van der Waals surface area contributed by atoms with Crippen molar-refractivity contribution in [2.75, 3.05) is 14.1 Å². The zero-order chi connectivity index (χ0) is 8.43. The van der Waals surface area contributed by atoms with Crippen LogP contribution in [0, 0.1) is 0 Å². The number of hydrogen-bond acceptors (Lipinski definition) is 4. The average molecular weight is 154 g/mol. The summed E-state index contributed by atoms with van der Waals surface area (Å²) in [5, 5.41) is 3.10. The fourth-order valence-electron chi connectivity index (χ4n) is 0.934. The number of rotatable bonds is 0. The zero-order valence-electron chi connectivity index (χ0n) is 7.42. The van der Waals surface area contributed by atoms with Crippen molar-refractivity contribution in [3.8, 4) is 0 Å². The van der Waals surface area contributed by atoms with Crippen LogP contribution in [0.5, 0.6) is 0 Å². The van der Waals surface area contributed by atoms with Crippen molar-refractivity contribution in [1.82, 2.24) is 10.2 Å². The normalized spacial score (nSPS) is 23.5. The maximum absolute atomic E-state index is 4.28. The summed E-state index contributed by atoms with van der Waals surface area (Å²) in [6, 6.07) is 0. The molecule has 0 amide bonds. The Bertz CT molecular complexity index is 204. The SMILES string of the molecule is CC1=NC(N(C)C)=N[C@H](C)N1. The molecule has 0 saturated heterocycles. The van der Waals surface area contributed by atoms with Crippen molar-refractivity contribution < 1.29 is 0 Å². The highest BCUT2D eigenvalue weighted by Gasteiger charge is 2.10. The van der Waals surface area contributed by atoms with Crippen LogP contribution in [0.25, 0.3) is 0 Å². The van der Waals surface area contributed by atoms with Crippen LogP contribution in [-0.2, 0) is 0 Å². The minimum atomic E-state index is 0.143. The second-order valence-corrected chi connectivity index (χ2v) is 2.84. The van der Waals surface area contributed by atoms with Crippen LogP contribution in [0.2, 0.25) is 0 Å². The van der Waals surface area contributed by atoms with E-state index in [9.17, 15) is 0 Å². The van der Waals surface area contributed by atoms with Gasteiger partial charge in [0.25, 0.3) is 0 Å². The molecular weight excluding hydrogens is 140 g/mol. The Morgan fingerprint density at radius 2 is 2.09 bits per heavy atom. The van der Waals surface area contributed by atoms with Gasteiger partial charge in [0, 0.05) is 14.1 Å². The van der Waals surface area contributed by atoms with Crippen LogP contribution in [0.1, 0.15) is 13.8 Å². The van der Waals surface area contributed by atoms with Gasteiger partial charge in [-0.2, -0.15) is 0 Å². The standard InChI is InChI=1S/C7H14N4/c1-5-8-6(2)10-7(9-5)11(3)4/h5H,1-4H3,(H,8,9,10)/t5-/m1/s1. The van der Waals surface area contributed by atoms with Crippen molar-refractivity contribution in [2.45, 2.75) is 20.0 Å². The van der Waals surface area contributed by atoms with E-state index < -0.39 is 0 Å². The van der Waals surface area contributed by atoms with Gasteiger partial charge in [0.1, 0.15) is 12.0 Å². The summed E-state index contributed by atoms with van der Waals surface area (Å²) >= 11 is 0. The Morgan fingerprint density at radius 1 is 1.45 bits per heavy atom. The molecule has 62 valence electrons. The van der Waals surface area contributed by atoms with Crippen molar-refractivity contribution in [3.63, 3.8) is 0 Å². The van der Waals surface area contributed by atoms with Crippen LogP contribution in [0.15, 0.2) is 9.98 Å². The molecule has 0 bridgehead atoms. The van der Waals surface area contributed by atoms with Gasteiger partial charge in [-0.1, -0.05) is 0 Å². The molecule has 0 aliphatic carbocycles. The van der Waals surface area contributed by atoms with Gasteiger partial charge < -0.3 is 10.2 Å². The number of amidine groups is 1. The maximum Gasteiger partial charge on any atom is 0.223 e. The summed E-state index contributed by atoms with van der Waals surface area (Å²) in [5.74, 6) is 1.71. The summed E-state index contributed by atoms with van der Waals surface area (Å²) in [6.45, 7) is 3.94. The van der Waals surface area contributed by atoms with E-state index in [4.69, 9.17) is 0 Å². The molecule has 1 rings (SSSR count). The highest BCUT2D eigenvalue weighted by molar-refractivity contribution is 5.96. The molecule has 4 heteroatoms. The monoisotopic (exact) mass is 154 g/mol. The Balaban J connectivity index is 2.78. The third-order valence-electron chi connectivity index (χ3n) is 1.39. The third-order valence-corrected chi connectivity index (χ3v) is 1.39. The molecule has 0 saturated carbocycles. The minimum absolute atomic E-state index is 0.143. The molecule has 1 heterocycles. The van der Waals surface area contributed by atoms with Gasteiger partial charge in [-0.25, -0.2) is 9.98 Å². The third kappa shape index (κ3) is 1.93. The molecule has 0 aromatic heterocycles. The lowest BCUT2D eigenvalue weighted by atomic mass is 10.5. The summed E-state index contributed by atoms with van der Waals surface area (Å²) in [4.78, 5) is 10.4. The highest BCUT2D eigenvalue weighted by Crippen LogP contribution is 1.97. The summed E-state index contributed by atoms with van der Waals surface area (Å²) < 4.78 is 0. The fourth-order valence-corrected chi connectivity index (χ4v) is 0.934. The molecule has 0 spiro atoms. The van der Waals surface area contributed by atoms with Crippen LogP contribution in [-0.4, -0.2) is 37.0 Å². The minimum Gasteiger partial charge on any atom is -0.352 e. The van der Waals surface area contributed by atoms with Gasteiger partial charge in [0.2, 0.25) is 5.96 Å². The molecule has 1 N–H and O–H groups in total. The van der Waals surface area contributed by atoms with Gasteiger partial charge in [0.05, 0.1) is 0 Å². The molecule has 1 atom stereocenters. The molecule has 0 aromatic rings. The first-order valence-electron chi connectivity index (χ1n) is 3.66. The van der Waals surface area contributed by atoms with Gasteiger partial charge >= 0.3 is 0 Å². The second kappa shape index (κ2) is 2.90. The lowest BCUT2D eigenvalue weighted by Gasteiger charge is -2.21. The van der Waals surface area contributed by atoms with Crippen molar-refractivity contribution in [1.29, 1.82) is 0 Å². The van der Waals surface area contributed by atoms with E-state index in [1.165, 1.54) is 0 Å². The number of hydrogen-bond donors (Lipinski definition) is 1. The smallest absolute Gasteiger partial charge is 0.223 e. The Hall–Kier alpha value is -1.06. The number of aliphatic imine (C=N–C) groups is 2. The molecule has 0 aromatic carbocycles. The zero-order valence-corrected chi connectivity index (χ0v) is 7.42. The Kier molecular flexibility index (Phi) is 2.12. The van der Waals surface area contributed by atoms with Gasteiger partial charge in [-0.15, -0.1) is 0 Å². The van der Waals surface area contributed by atoms with Crippen LogP contribution in [0.3, 0.4) is 0 Å². The second-order valence-electron chi connectivity index (χ2n) is 2.84. The first kappa shape index (κ1) is 8.04. The molecule has 0 fully saturated rings. The molecule has 4 nitrogen and oxygen atoms in total. The number of nitrogens with one attached hydrogen (secondary N) is 1. The fraction of sp³-hybridized carbons (Fsp3) is 0.714. The molecular formula is C7H14N4. The maximum atomic E-state index is 4.28. The van der Waals surface area contributed by atoms with E-state index >= 15 is 0 Å². The van der Waals surface area contributed by atoms with Gasteiger partial charge in [0.15, 0.2) is 0 Å². The van der Waals surface area contributed by atoms with Crippen LogP contribution in [0.4, 0.5) is 0 Å². The summed E-state index contributed by atoms with van der Waals surface area (Å²) in [7, 11) is 3.88. The van der Waals surface area contributed by atoms with E-state index in [2.05, 4.69) is 15.3 Å². The quantitative estimate of drug-likeness (QED) is 0.544. The van der Waals surface area contributed by atoms with Crippen LogP contribution >= 0.6 is 0 Å². The van der Waals surface area contributed by atoms with E-state index in [-0.39, 0.29) is 6.17 Å². The molecule has 0 radical (unpaired) electrons. The Morgan fingerprint density at radius 3 is 2.55 bits per heavy atom. The number of nitrogens with zero attached hydrogens (tertiary/aromatic N) is 3. The van der Waals surface area contributed by atoms with Crippen molar-refractivity contribution in [2.24, 2.45) is 9.98 Å². The predicted octanol–water partition coefficient (Wildman–Crippen LogP) is 0.272. The van der Waals surface area contributed by atoms with E-state index in [1.807, 2.05) is 32.8 Å². The van der Waals surface area contributed by atoms with E-state index in [1.54, 1.807) is 0 Å². The Labute approximate surface area is 67.0 Å². The predicted molar refractivity (Wildman–Crippen MR) is 46.8 cm³/mol. The molecule has 1 aliphatic rings. The van der Waals surface area contributed by atoms with Gasteiger partial charge in [-0.05, 0) is 13.8 Å². The summed E-state index contributed by atoms with van der Waals surface area (Å²) in [5.41, 5.74) is 0. The molecule has 1 aliphatic heterocycles. The van der Waals surface area contributed by atoms with Crippen LogP contribution < -0.4 is 5.32 Å². The van der Waals surface area contributed by atoms with E-state index in [0.717, 1.165) is 11.8 Å². The van der Waals surface area contributed by atoms with Crippen molar-refractivity contribution >= 4 is 11.8 Å². The largest absolute Gasteiger partial charge is 0.352 e.